The van der Waals surface area contributed by atoms with Gasteiger partial charge in [-0.3, -0.25) is 25.2 Å². The van der Waals surface area contributed by atoms with Gasteiger partial charge in [0, 0.05) is 63.3 Å². The van der Waals surface area contributed by atoms with Gasteiger partial charge in [-0.1, -0.05) is 108 Å². The number of ether oxygens (including phenoxy) is 2. The Bertz CT molecular complexity index is 3100. The van der Waals surface area contributed by atoms with Crippen molar-refractivity contribution in [3.8, 4) is 17.6 Å². The number of phenolic OH excluding ortho intramolecular Hbond substituents is 1. The number of hydrogen-bond acceptors (Lipinski definition) is 14. The number of β-amino-alcohol motifs (C(OH)–C–C–N with tert-alkyl or cyclic N) is 1. The van der Waals surface area contributed by atoms with E-state index in [4.69, 9.17) is 26.7 Å². The van der Waals surface area contributed by atoms with Crippen LogP contribution in [0.2, 0.25) is 0 Å². The van der Waals surface area contributed by atoms with E-state index in [9.17, 15) is 35.4 Å². The van der Waals surface area contributed by atoms with E-state index in [0.29, 0.717) is 79.5 Å². The molecule has 1 spiro atoms. The molecule has 1 amide bonds. The number of aromatic hydroxyl groups is 1. The largest absolute Gasteiger partial charge is 0.508 e. The summed E-state index contributed by atoms with van der Waals surface area (Å²) in [4.78, 5) is 33.9. The number of rotatable bonds is 12. The van der Waals surface area contributed by atoms with Gasteiger partial charge in [-0.25, -0.2) is 0 Å². The van der Waals surface area contributed by atoms with Crippen molar-refractivity contribution in [1.29, 1.82) is 0 Å². The first-order chi connectivity index (χ1) is 41.2. The lowest BCUT2D eigenvalue weighted by atomic mass is 9.52. The number of benzene rings is 3. The minimum Gasteiger partial charge on any atom is -0.508 e. The van der Waals surface area contributed by atoms with E-state index >= 15 is 4.79 Å². The zero-order valence-electron chi connectivity index (χ0n) is 50.7. The van der Waals surface area contributed by atoms with E-state index in [-0.39, 0.29) is 75.9 Å². The standard InChI is InChI=1S/C69H93N7O10/c1-43-14-7-10-35-86-42-50(19-11-15-44(2)69(84,32-27-43)75-33-8-6-9-34-85-5)54-29-31-68(63(54)81)58-26-25-52(78)37-46-16-12-17-47(36-46)38-56(57(40-74-66(71)72)48-21-23-51(77)24-22-48)60(80)41-73-62-61-49(18-13-20-55(61)64(70)76-65(62)82)39-59(79)45(3)53(58)28-30-67(68,4)83/h11-13,15-24,27,36,52,54,56-58,60,62-64,73,75,77-78,80-81,83-84H,2,6,8-9,14,25-26,28-35,37-42,70H2,1,3-5H3,(H,76,82)(H4,71,72,74). The van der Waals surface area contributed by atoms with Crippen LogP contribution in [0.3, 0.4) is 0 Å². The number of nitrogens with one attached hydrogen (secondary N) is 3. The predicted octanol–water partition coefficient (Wildman–Crippen LogP) is 6.32. The minimum absolute atomic E-state index is 0.0673. The molecule has 0 aromatic heterocycles. The van der Waals surface area contributed by atoms with Gasteiger partial charge in [-0.2, -0.15) is 0 Å². The number of amides is 1. The van der Waals surface area contributed by atoms with Gasteiger partial charge >= 0.3 is 0 Å². The normalized spacial score (nSPS) is 30.3. The third-order valence-corrected chi connectivity index (χ3v) is 19.2. The number of nitrogens with zero attached hydrogens (tertiary/aromatic N) is 1. The highest BCUT2D eigenvalue weighted by atomic mass is 16.5. The molecule has 15 N–H and O–H groups in total. The smallest absolute Gasteiger partial charge is 0.243 e. The summed E-state index contributed by atoms with van der Waals surface area (Å²) in [5.74, 6) is 3.57. The van der Waals surface area contributed by atoms with Gasteiger partial charge in [0.25, 0.3) is 0 Å². The Balaban J connectivity index is 1.18. The van der Waals surface area contributed by atoms with Crippen LogP contribution in [0.15, 0.2) is 130 Å². The Morgan fingerprint density at radius 3 is 2.48 bits per heavy atom. The second-order valence-electron chi connectivity index (χ2n) is 24.9. The number of Topliss-reactive ketones (excluding diaryl/α,β-unsaturated/α-hetero) is 1. The molecular weight excluding hydrogens is 1090 g/mol. The molecule has 12 unspecified atom stereocenters. The lowest BCUT2D eigenvalue weighted by Crippen LogP contribution is -2.59. The molecule has 2 bridgehead atoms. The molecule has 2 saturated carbocycles. The van der Waals surface area contributed by atoms with Crippen molar-refractivity contribution < 1.29 is 49.7 Å². The Morgan fingerprint density at radius 1 is 0.965 bits per heavy atom. The van der Waals surface area contributed by atoms with Crippen molar-refractivity contribution in [3.05, 3.63) is 159 Å². The van der Waals surface area contributed by atoms with E-state index in [0.717, 1.165) is 52.7 Å². The average Bonchev–Trinajstić information content (AvgIpc) is 1.48. The molecular formula is C69H93N7O10. The summed E-state index contributed by atoms with van der Waals surface area (Å²) in [5.41, 5.74) is 22.3. The van der Waals surface area contributed by atoms with Crippen molar-refractivity contribution in [2.24, 2.45) is 45.4 Å². The monoisotopic (exact) mass is 1180 g/mol. The fourth-order valence-corrected chi connectivity index (χ4v) is 14.3. The predicted molar refractivity (Wildman–Crippen MR) is 335 cm³/mol. The number of nitrogens with two attached hydrogens (primary N) is 3. The van der Waals surface area contributed by atoms with Crippen LogP contribution in [0.4, 0.5) is 0 Å². The van der Waals surface area contributed by atoms with Crippen molar-refractivity contribution in [2.45, 2.75) is 158 Å². The molecule has 3 aromatic rings. The molecule has 8 rings (SSSR count). The number of aliphatic imine (C=N–C) groups is 1. The Kier molecular flexibility index (Phi) is 22.6. The summed E-state index contributed by atoms with van der Waals surface area (Å²) in [6.45, 7) is 11.5. The zero-order chi connectivity index (χ0) is 61.8. The zero-order valence-corrected chi connectivity index (χ0v) is 50.7. The summed E-state index contributed by atoms with van der Waals surface area (Å²) < 4.78 is 11.5. The molecule has 0 saturated heterocycles. The number of unbranched alkanes of at least 4 members (excludes halogenated alkanes) is 2. The van der Waals surface area contributed by atoms with Crippen LogP contribution >= 0.6 is 0 Å². The highest BCUT2D eigenvalue weighted by Gasteiger charge is 2.64. The number of phenols is 1. The van der Waals surface area contributed by atoms with E-state index in [1.165, 1.54) is 0 Å². The van der Waals surface area contributed by atoms with Gasteiger partial charge in [0.05, 0.1) is 30.5 Å². The van der Waals surface area contributed by atoms with Gasteiger partial charge in [-0.05, 0) is 172 Å². The highest BCUT2D eigenvalue weighted by molar-refractivity contribution is 5.98. The summed E-state index contributed by atoms with van der Waals surface area (Å²) in [6, 6.07) is 19.0. The molecule has 2 fully saturated rings. The van der Waals surface area contributed by atoms with E-state index < -0.39 is 76.8 Å². The topological polar surface area (TPSA) is 300 Å². The van der Waals surface area contributed by atoms with Crippen LogP contribution in [-0.4, -0.2) is 124 Å². The van der Waals surface area contributed by atoms with Gasteiger partial charge < -0.3 is 62.6 Å². The maximum absolute atomic E-state index is 15.3. The molecule has 17 heteroatoms. The highest BCUT2D eigenvalue weighted by Crippen LogP contribution is 2.63. The van der Waals surface area contributed by atoms with E-state index in [2.05, 4.69) is 39.4 Å². The van der Waals surface area contributed by atoms with Crippen LogP contribution in [-0.2, 0) is 38.3 Å². The maximum Gasteiger partial charge on any atom is 0.243 e. The number of carbonyl (C=O) groups excluding carboxylic acids is 2. The number of guanidine groups is 1. The molecule has 3 aliphatic heterocycles. The summed E-state index contributed by atoms with van der Waals surface area (Å²) >= 11 is 0. The van der Waals surface area contributed by atoms with E-state index in [1.807, 2.05) is 74.5 Å². The van der Waals surface area contributed by atoms with Crippen LogP contribution in [0.1, 0.15) is 143 Å². The Labute approximate surface area is 508 Å². The molecule has 464 valence electrons. The van der Waals surface area contributed by atoms with Gasteiger partial charge in [-0.15, -0.1) is 0 Å². The van der Waals surface area contributed by atoms with Gasteiger partial charge in [0.15, 0.2) is 11.7 Å². The van der Waals surface area contributed by atoms with Gasteiger partial charge in [0.2, 0.25) is 5.91 Å². The lowest BCUT2D eigenvalue weighted by Gasteiger charge is -2.56. The second kappa shape index (κ2) is 29.6. The molecule has 12 atom stereocenters. The number of fused-ring (bicyclic) bond motifs is 4. The number of carbonyl (C=O) groups is 2. The number of hydrogen-bond donors (Lipinski definition) is 12. The number of allylic oxidation sites excluding steroid dienone is 5. The van der Waals surface area contributed by atoms with Crippen molar-refractivity contribution in [1.82, 2.24) is 16.0 Å². The molecule has 17 nitrogen and oxygen atoms in total. The molecule has 3 heterocycles. The fraction of sp³-hybridized carbons (Fsp3) is 0.522. The Hall–Kier alpha value is -6.27. The number of aliphatic hydroxyl groups excluding tert-OH is 3. The minimum atomic E-state index is -1.44. The van der Waals surface area contributed by atoms with E-state index in [1.54, 1.807) is 44.4 Å². The van der Waals surface area contributed by atoms with Crippen molar-refractivity contribution in [3.63, 3.8) is 0 Å². The third-order valence-electron chi connectivity index (χ3n) is 19.2. The molecule has 86 heavy (non-hydrogen) atoms. The van der Waals surface area contributed by atoms with Crippen molar-refractivity contribution in [2.75, 3.05) is 46.6 Å². The molecule has 5 aliphatic rings. The SMILES string of the molecule is C=C1C=CC=C(C2CCC3(C4CCC(O)Cc5cccc(c5)CC(C(CN=C(N)N)c5ccc(O)cc5)C(O)CNC5C(=O)NC(N)c6cccc(c65)CC(=O)C(C)=C4CCC3(C)O)C2O)COCC#CCC(C)=CCC1(O)NCCCCCOC. The Morgan fingerprint density at radius 2 is 1.72 bits per heavy atom. The van der Waals surface area contributed by atoms with Gasteiger partial charge in [0.1, 0.15) is 30.3 Å². The first-order valence-electron chi connectivity index (χ1n) is 30.7. The summed E-state index contributed by atoms with van der Waals surface area (Å²) in [7, 11) is 1.69. The van der Waals surface area contributed by atoms with Crippen LogP contribution in [0, 0.1) is 35.0 Å². The van der Waals surface area contributed by atoms with Crippen LogP contribution in [0.25, 0.3) is 0 Å². The average molecular weight is 1180 g/mol. The summed E-state index contributed by atoms with van der Waals surface area (Å²) in [6.07, 6.45) is 9.68. The quantitative estimate of drug-likeness (QED) is 0.0236. The fourth-order valence-electron chi connectivity index (χ4n) is 14.3. The van der Waals surface area contributed by atoms with Crippen molar-refractivity contribution >= 4 is 17.6 Å². The number of ketones is 1. The number of aliphatic hydroxyl groups is 5. The molecule has 3 aromatic carbocycles. The maximum atomic E-state index is 15.3. The lowest BCUT2D eigenvalue weighted by molar-refractivity contribution is -0.168. The molecule has 0 radical (unpaired) electrons. The first kappa shape index (κ1) is 65.7. The number of methoxy groups -OCH3 is 1. The second-order valence-corrected chi connectivity index (χ2v) is 24.9. The first-order valence-corrected chi connectivity index (χ1v) is 30.7. The summed E-state index contributed by atoms with van der Waals surface area (Å²) in [5, 5.41) is 83.1. The molecule has 2 aliphatic carbocycles. The third kappa shape index (κ3) is 15.5. The van der Waals surface area contributed by atoms with Crippen LogP contribution in [0.5, 0.6) is 5.75 Å². The van der Waals surface area contributed by atoms with Crippen LogP contribution < -0.4 is 33.2 Å².